The molecule has 0 amide bonds. The predicted octanol–water partition coefficient (Wildman–Crippen LogP) is 31.7. The third kappa shape index (κ3) is 28.5. The van der Waals surface area contributed by atoms with Gasteiger partial charge in [0.05, 0.1) is 52.9 Å². The fourth-order valence-corrected chi connectivity index (χ4v) is 17.1. The van der Waals surface area contributed by atoms with Crippen LogP contribution in [0.3, 0.4) is 0 Å². The van der Waals surface area contributed by atoms with Crippen LogP contribution in [-0.2, 0) is 0 Å². The maximum absolute atomic E-state index is 7.22. The molecule has 0 aliphatic carbocycles. The van der Waals surface area contributed by atoms with Crippen LogP contribution in [0, 0.1) is 5.41 Å². The van der Waals surface area contributed by atoms with Crippen LogP contribution in [0.2, 0.25) is 0 Å². The molecular formula is C105H156O12. The van der Waals surface area contributed by atoms with Crippen molar-refractivity contribution in [3.63, 3.8) is 0 Å². The molecule has 10 rings (SSSR count). The van der Waals surface area contributed by atoms with Crippen molar-refractivity contribution in [3.05, 3.63) is 72.8 Å². The second-order valence-electron chi connectivity index (χ2n) is 34.7. The Labute approximate surface area is 707 Å². The van der Waals surface area contributed by atoms with Crippen LogP contribution in [0.25, 0.3) is 64.6 Å². The van der Waals surface area contributed by atoms with Crippen LogP contribution in [0.1, 0.15) is 364 Å². The molecule has 0 N–H and O–H groups in total. The van der Waals surface area contributed by atoms with E-state index in [0.717, 1.165) is 213 Å². The summed E-state index contributed by atoms with van der Waals surface area (Å²) < 4.78 is 84.2. The fourth-order valence-electron chi connectivity index (χ4n) is 17.1. The third-order valence-corrected chi connectivity index (χ3v) is 24.4. The van der Waals surface area contributed by atoms with E-state index in [-0.39, 0.29) is 0 Å². The van der Waals surface area contributed by atoms with Crippen LogP contribution in [0.15, 0.2) is 72.8 Å². The Kier molecular flexibility index (Phi) is 41.7. The zero-order valence-corrected chi connectivity index (χ0v) is 74.8. The molecule has 12 nitrogen and oxygen atoms in total. The molecular weight excluding hydrogens is 1450 g/mol. The molecule has 0 radical (unpaired) electrons. The molecule has 2 aliphatic heterocycles. The number of rotatable bonds is 64. The van der Waals surface area contributed by atoms with Crippen LogP contribution in [0.5, 0.6) is 69.0 Å². The first-order valence-electron chi connectivity index (χ1n) is 48.4. The van der Waals surface area contributed by atoms with Crippen molar-refractivity contribution in [2.75, 3.05) is 79.3 Å². The van der Waals surface area contributed by atoms with Crippen molar-refractivity contribution in [1.82, 2.24) is 0 Å². The molecule has 1 spiro atoms. The summed E-state index contributed by atoms with van der Waals surface area (Å²) in [4.78, 5) is 0. The maximum Gasteiger partial charge on any atom is 0.161 e. The molecule has 0 atom stereocenters. The Balaban J connectivity index is 1.05. The quantitative estimate of drug-likeness (QED) is 0.0267. The van der Waals surface area contributed by atoms with Gasteiger partial charge in [-0.3, -0.25) is 0 Å². The lowest BCUT2D eigenvalue weighted by molar-refractivity contribution is 0.0239. The molecule has 0 unspecified atom stereocenters. The van der Waals surface area contributed by atoms with Crippen molar-refractivity contribution < 1.29 is 56.8 Å². The van der Waals surface area contributed by atoms with E-state index < -0.39 is 5.41 Å². The molecule has 648 valence electrons. The van der Waals surface area contributed by atoms with Gasteiger partial charge in [-0.05, 0) is 189 Å². The average molecular weight is 1610 g/mol. The van der Waals surface area contributed by atoms with E-state index in [1.54, 1.807) is 0 Å². The van der Waals surface area contributed by atoms with Crippen molar-refractivity contribution in [3.8, 4) is 69.0 Å². The standard InChI is InChI=1S/C105H156O12/c1-9-17-25-33-41-49-57-106-93-65-81-82-66-94(107-58-50-42-34-26-18-10-2)98(111-62-54-46-38-30-22-14-6)70-86(82)90-74-102-101(73-89(90)85(81)69-97(93)110-61-53-45-37-29-21-13-5)114-77-105(78-115-102)79-116-103-75-91-87-71-99(112-63-55-47-39-31-23-15-7)95(108-59-51-43-35-27-19-11-3)67-83(87)84-68-96(109-60-52-44-36-28-20-12-4)100(113-64-56-48-40-32-24-16-8)72-88(84)92(91)76-104(103)117-80-105/h65-76H,9-64,77-80H2,1-8H3. The molecule has 2 heterocycles. The van der Waals surface area contributed by atoms with Gasteiger partial charge in [-0.25, -0.2) is 0 Å². The largest absolute Gasteiger partial charge is 0.490 e. The predicted molar refractivity (Wildman–Crippen MR) is 493 cm³/mol. The van der Waals surface area contributed by atoms with Crippen molar-refractivity contribution in [2.45, 2.75) is 364 Å². The maximum atomic E-state index is 7.22. The van der Waals surface area contributed by atoms with E-state index >= 15 is 0 Å². The minimum absolute atomic E-state index is 0.302. The molecule has 117 heavy (non-hydrogen) atoms. The Hall–Kier alpha value is -7.08. The van der Waals surface area contributed by atoms with Gasteiger partial charge < -0.3 is 56.8 Å². The summed E-state index contributed by atoms with van der Waals surface area (Å²) in [7, 11) is 0. The summed E-state index contributed by atoms with van der Waals surface area (Å²) in [5.74, 6) is 8.95. The Morgan fingerprint density at radius 2 is 0.291 bits per heavy atom. The minimum atomic E-state index is -0.705. The molecule has 0 bridgehead atoms. The average Bonchev–Trinajstić information content (AvgIpc) is 1.39. The normalized spacial score (nSPS) is 13.2. The van der Waals surface area contributed by atoms with Crippen LogP contribution in [-0.4, -0.2) is 79.3 Å². The number of benzene rings is 8. The summed E-state index contributed by atoms with van der Waals surface area (Å²) in [5, 5.41) is 12.7. The lowest BCUT2D eigenvalue weighted by Crippen LogP contribution is -2.43. The lowest BCUT2D eigenvalue weighted by atomic mass is 9.92. The third-order valence-electron chi connectivity index (χ3n) is 24.4. The van der Waals surface area contributed by atoms with E-state index in [0.29, 0.717) is 102 Å². The van der Waals surface area contributed by atoms with E-state index in [4.69, 9.17) is 56.8 Å². The molecule has 12 heteroatoms. The zero-order valence-electron chi connectivity index (χ0n) is 74.8. The number of fused-ring (bicyclic) bond motifs is 14. The Bertz CT molecular complexity index is 3630. The van der Waals surface area contributed by atoms with Crippen LogP contribution >= 0.6 is 0 Å². The summed E-state index contributed by atoms with van der Waals surface area (Å²) in [5.41, 5.74) is -0.705. The molecule has 0 aromatic heterocycles. The van der Waals surface area contributed by atoms with Gasteiger partial charge in [0.2, 0.25) is 0 Å². The number of hydrogen-bond acceptors (Lipinski definition) is 12. The monoisotopic (exact) mass is 1610 g/mol. The first-order chi connectivity index (χ1) is 57.8. The van der Waals surface area contributed by atoms with E-state index in [1.807, 2.05) is 0 Å². The van der Waals surface area contributed by atoms with Gasteiger partial charge in [0, 0.05) is 0 Å². The van der Waals surface area contributed by atoms with Crippen molar-refractivity contribution >= 4 is 64.6 Å². The van der Waals surface area contributed by atoms with Gasteiger partial charge in [0.25, 0.3) is 0 Å². The van der Waals surface area contributed by atoms with Crippen LogP contribution in [0.4, 0.5) is 0 Å². The second-order valence-corrected chi connectivity index (χ2v) is 34.7. The van der Waals surface area contributed by atoms with Crippen molar-refractivity contribution in [2.24, 2.45) is 5.41 Å². The molecule has 8 aromatic carbocycles. The highest BCUT2D eigenvalue weighted by molar-refractivity contribution is 6.28. The molecule has 0 saturated heterocycles. The van der Waals surface area contributed by atoms with Gasteiger partial charge >= 0.3 is 0 Å². The number of ether oxygens (including phenoxy) is 12. The second kappa shape index (κ2) is 52.9. The highest BCUT2D eigenvalue weighted by Crippen LogP contribution is 2.52. The van der Waals surface area contributed by atoms with Gasteiger partial charge in [-0.1, -0.05) is 312 Å². The Morgan fingerprint density at radius 3 is 0.427 bits per heavy atom. The summed E-state index contributed by atoms with van der Waals surface area (Å²) in [6, 6.07) is 26.9. The van der Waals surface area contributed by atoms with Gasteiger partial charge in [0.15, 0.2) is 69.0 Å². The summed E-state index contributed by atoms with van der Waals surface area (Å²) in [6.07, 6.45) is 56.8. The van der Waals surface area contributed by atoms with Gasteiger partial charge in [-0.15, -0.1) is 0 Å². The molecule has 2 aliphatic rings. The highest BCUT2D eigenvalue weighted by Gasteiger charge is 2.40. The molecule has 0 saturated carbocycles. The smallest absolute Gasteiger partial charge is 0.161 e. The van der Waals surface area contributed by atoms with Gasteiger partial charge in [-0.2, -0.15) is 0 Å². The molecule has 0 fully saturated rings. The van der Waals surface area contributed by atoms with E-state index in [9.17, 15) is 0 Å². The topological polar surface area (TPSA) is 111 Å². The highest BCUT2D eigenvalue weighted by atomic mass is 16.6. The number of hydrogen-bond donors (Lipinski definition) is 0. The van der Waals surface area contributed by atoms with E-state index in [2.05, 4.69) is 128 Å². The minimum Gasteiger partial charge on any atom is -0.490 e. The van der Waals surface area contributed by atoms with Crippen LogP contribution < -0.4 is 56.8 Å². The van der Waals surface area contributed by atoms with Gasteiger partial charge in [0.1, 0.15) is 31.8 Å². The zero-order chi connectivity index (χ0) is 81.8. The first-order valence-corrected chi connectivity index (χ1v) is 48.4. The number of unbranched alkanes of at least 4 members (excludes halogenated alkanes) is 40. The first kappa shape index (κ1) is 92.2. The SMILES string of the molecule is CCCCCCCCOc1cc2c3cc(OCCCCCCCC)c(OCCCCCCCC)cc3c3cc4c(cc3c2cc1OCCCCCCCC)OCC1(CO4)COc2cc3c4cc(OCCCCCCCC)c(OCCCCCCCC)cc4c4cc(OCCCCCCCC)c(OCCCCCCCC)cc4c3cc2OC1. The van der Waals surface area contributed by atoms with E-state index in [1.165, 1.54) is 205 Å². The lowest BCUT2D eigenvalue weighted by Gasteiger charge is -2.27. The van der Waals surface area contributed by atoms with Crippen molar-refractivity contribution in [1.29, 1.82) is 0 Å². The summed E-state index contributed by atoms with van der Waals surface area (Å²) >= 11 is 0. The summed E-state index contributed by atoms with van der Waals surface area (Å²) in [6.45, 7) is 24.4. The molecule has 8 aromatic rings. The fraction of sp³-hybridized carbons (Fsp3) is 0.657. The Morgan fingerprint density at radius 1 is 0.171 bits per heavy atom.